The van der Waals surface area contributed by atoms with E-state index in [1.54, 1.807) is 0 Å². The van der Waals surface area contributed by atoms with Crippen molar-refractivity contribution in [3.05, 3.63) is 0 Å². The van der Waals surface area contributed by atoms with E-state index < -0.39 is 0 Å². The highest BCUT2D eigenvalue weighted by molar-refractivity contribution is 7.65. The average molecular weight is 157 g/mol. The fourth-order valence-corrected chi connectivity index (χ4v) is 3.56. The summed E-state index contributed by atoms with van der Waals surface area (Å²) in [6.45, 7) is 0. The van der Waals surface area contributed by atoms with E-state index in [1.807, 2.05) is 0 Å². The van der Waals surface area contributed by atoms with Crippen molar-refractivity contribution >= 4 is 26.6 Å². The molecule has 0 aromatic rings. The summed E-state index contributed by atoms with van der Waals surface area (Å²) in [5.74, 6) is 0. The summed E-state index contributed by atoms with van der Waals surface area (Å²) in [4.78, 5) is 5.92. The van der Waals surface area contributed by atoms with Crippen LogP contribution >= 0.6 is 26.6 Å². The minimum absolute atomic E-state index is 0.377. The number of nitrogens with zero attached hydrogens (tertiary/aromatic N) is 1. The largest absolute Gasteiger partial charge is 0.304 e. The molecule has 0 saturated carbocycles. The minimum atomic E-state index is 0.377. The van der Waals surface area contributed by atoms with Gasteiger partial charge in [-0.2, -0.15) is 0 Å². The Morgan fingerprint density at radius 1 is 1.29 bits per heavy atom. The van der Waals surface area contributed by atoms with Gasteiger partial charge < -0.3 is 5.21 Å². The lowest BCUT2D eigenvalue weighted by atomic mass is 13.5. The van der Waals surface area contributed by atoms with Gasteiger partial charge in [0, 0.05) is 8.88 Å². The van der Waals surface area contributed by atoms with Crippen LogP contribution in [0.4, 0.5) is 0 Å². The van der Waals surface area contributed by atoms with E-state index in [1.165, 1.54) is 4.60 Å². The first-order valence-corrected chi connectivity index (χ1v) is 4.54. The molecule has 0 aromatic heterocycles. The van der Waals surface area contributed by atoms with Crippen LogP contribution in [0.15, 0.2) is 0 Å². The van der Waals surface area contributed by atoms with Gasteiger partial charge in [-0.25, -0.2) is 0 Å². The Kier molecular flexibility index (Phi) is 2.87. The molecule has 0 bridgehead atoms. The molecule has 42 valence electrons. The van der Waals surface area contributed by atoms with Gasteiger partial charge in [0.25, 0.3) is 0 Å². The molecule has 0 amide bonds. The van der Waals surface area contributed by atoms with E-state index in [9.17, 15) is 0 Å². The van der Waals surface area contributed by atoms with Crippen molar-refractivity contribution in [2.45, 2.75) is 0 Å². The molecule has 1 aliphatic rings. The molecule has 1 fully saturated rings. The van der Waals surface area contributed by atoms with Gasteiger partial charge >= 0.3 is 0 Å². The first-order valence-electron chi connectivity index (χ1n) is 1.65. The third-order valence-corrected chi connectivity index (χ3v) is 3.44. The molecule has 3 N–H and O–H groups in total. The van der Waals surface area contributed by atoms with Crippen LogP contribution in [-0.2, 0) is 0 Å². The summed E-state index contributed by atoms with van der Waals surface area (Å²) in [7, 11) is 1.36. The van der Waals surface area contributed by atoms with Crippen LogP contribution in [0.5, 0.6) is 0 Å². The lowest BCUT2D eigenvalue weighted by molar-refractivity contribution is 0.113. The van der Waals surface area contributed by atoms with Gasteiger partial charge in [-0.05, 0) is 0 Å². The lowest BCUT2D eigenvalue weighted by Crippen LogP contribution is -2.11. The molecule has 0 aliphatic carbocycles. The van der Waals surface area contributed by atoms with Crippen molar-refractivity contribution in [1.29, 1.82) is 0 Å². The zero-order valence-electron chi connectivity index (χ0n) is 3.39. The van der Waals surface area contributed by atoms with E-state index in [-0.39, 0.29) is 0 Å². The van der Waals surface area contributed by atoms with E-state index >= 15 is 0 Å². The monoisotopic (exact) mass is 157 g/mol. The molecule has 1 rings (SSSR count). The van der Waals surface area contributed by atoms with Crippen LogP contribution in [0.2, 0.25) is 0 Å². The highest BCUT2D eigenvalue weighted by atomic mass is 31.2. The Morgan fingerprint density at radius 2 is 1.86 bits per heavy atom. The number of nitrogens with one attached hydrogen (secondary N) is 2. The van der Waals surface area contributed by atoms with Crippen LogP contribution in [0.3, 0.4) is 0 Å². The van der Waals surface area contributed by atoms with Crippen molar-refractivity contribution in [1.82, 2.24) is 14.3 Å². The second-order valence-corrected chi connectivity index (χ2v) is 4.90. The topological polar surface area (TPSA) is 47.5 Å². The summed E-state index contributed by atoms with van der Waals surface area (Å²) in [6.07, 6.45) is 0. The highest BCUT2D eigenvalue weighted by Crippen LogP contribution is 2.34. The first-order chi connectivity index (χ1) is 3.39. The van der Waals surface area contributed by atoms with Gasteiger partial charge in [0.05, 0.1) is 17.8 Å². The van der Waals surface area contributed by atoms with Gasteiger partial charge in [-0.3, -0.25) is 9.72 Å². The zero-order valence-corrected chi connectivity index (χ0v) is 6.39. The van der Waals surface area contributed by atoms with Crippen molar-refractivity contribution < 1.29 is 5.21 Å². The smallest absolute Gasteiger partial charge is 0.0590 e. The summed E-state index contributed by atoms with van der Waals surface area (Å²) in [5.41, 5.74) is 0. The van der Waals surface area contributed by atoms with Gasteiger partial charge in [0.1, 0.15) is 0 Å². The Balaban J connectivity index is 2.12. The Morgan fingerprint density at radius 3 is 2.14 bits per heavy atom. The Hall–Kier alpha value is 1.13. The molecule has 1 aliphatic heterocycles. The molecular weight excluding hydrogens is 151 g/mol. The molecule has 1 heterocycles. The van der Waals surface area contributed by atoms with Crippen molar-refractivity contribution in [3.63, 3.8) is 0 Å². The van der Waals surface area contributed by atoms with Gasteiger partial charge in [-0.15, -0.1) is 4.60 Å². The predicted molar refractivity (Wildman–Crippen MR) is 34.8 cm³/mol. The second-order valence-electron chi connectivity index (χ2n) is 0.910. The highest BCUT2D eigenvalue weighted by Gasteiger charge is 2.02. The molecule has 1 saturated heterocycles. The third-order valence-electron chi connectivity index (χ3n) is 0.449. The second kappa shape index (κ2) is 3.21. The molecule has 7 heavy (non-hydrogen) atoms. The van der Waals surface area contributed by atoms with Gasteiger partial charge in [-0.1, -0.05) is 0 Å². The van der Waals surface area contributed by atoms with Crippen LogP contribution in [0.1, 0.15) is 0 Å². The van der Waals surface area contributed by atoms with Crippen LogP contribution in [0, 0.1) is 0 Å². The third kappa shape index (κ3) is 2.25. The van der Waals surface area contributed by atoms with Crippen LogP contribution in [0.25, 0.3) is 0 Å². The molecular formula is H6N3OP3. The normalized spacial score (nSPS) is 35.6. The van der Waals surface area contributed by atoms with Gasteiger partial charge in [0.15, 0.2) is 0 Å². The summed E-state index contributed by atoms with van der Waals surface area (Å²) >= 11 is 0. The maximum Gasteiger partial charge on any atom is 0.0590 e. The van der Waals surface area contributed by atoms with Crippen LogP contribution < -0.4 is 9.72 Å². The molecule has 0 aromatic carbocycles. The average Bonchev–Trinajstić information content (AvgIpc) is 1.69. The van der Waals surface area contributed by atoms with E-state index in [4.69, 9.17) is 5.21 Å². The molecule has 0 spiro atoms. The van der Waals surface area contributed by atoms with Crippen molar-refractivity contribution in [3.8, 4) is 0 Å². The van der Waals surface area contributed by atoms with E-state index in [0.29, 0.717) is 26.6 Å². The fourth-order valence-electron chi connectivity index (χ4n) is 0.221. The van der Waals surface area contributed by atoms with Crippen molar-refractivity contribution in [2.24, 2.45) is 0 Å². The standard InChI is InChI=1S/H6N3OP3/c4-3-6-1-5-2-7-3/h1-2,4-7H. The predicted octanol–water partition coefficient (Wildman–Crippen LogP) is 0.396. The first kappa shape index (κ1) is 6.25. The maximum absolute atomic E-state index is 8.65. The van der Waals surface area contributed by atoms with E-state index in [2.05, 4.69) is 9.72 Å². The summed E-state index contributed by atoms with van der Waals surface area (Å²) < 4.78 is 1.23. The summed E-state index contributed by atoms with van der Waals surface area (Å²) in [5, 5.41) is 8.65. The molecule has 0 radical (unpaired) electrons. The summed E-state index contributed by atoms with van der Waals surface area (Å²) in [6, 6.07) is 0. The zero-order chi connectivity index (χ0) is 5.11. The minimum Gasteiger partial charge on any atom is -0.304 e. The number of rotatable bonds is 0. The quantitative estimate of drug-likeness (QED) is 0.445. The molecule has 7 heteroatoms. The van der Waals surface area contributed by atoms with E-state index in [0.717, 1.165) is 0 Å². The molecule has 4 nitrogen and oxygen atoms in total. The number of hydrogen-bond acceptors (Lipinski definition) is 4. The van der Waals surface area contributed by atoms with Gasteiger partial charge in [0.2, 0.25) is 0 Å². The SMILES string of the molecule is ON1PNPNP1. The fraction of sp³-hybridized carbons (Fsp3) is 0. The lowest BCUT2D eigenvalue weighted by Gasteiger charge is -2.19. The molecule has 2 atom stereocenters. The maximum atomic E-state index is 8.65. The number of hydrogen-bond donors (Lipinski definition) is 3. The Bertz CT molecular complexity index is 52.1. The molecule has 2 unspecified atom stereocenters. The van der Waals surface area contributed by atoms with Crippen molar-refractivity contribution in [2.75, 3.05) is 0 Å². The Labute approximate surface area is 47.1 Å². The van der Waals surface area contributed by atoms with Crippen LogP contribution in [-0.4, -0.2) is 9.81 Å².